The van der Waals surface area contributed by atoms with E-state index in [-0.39, 0.29) is 17.4 Å². The van der Waals surface area contributed by atoms with E-state index in [0.29, 0.717) is 25.1 Å². The third-order valence-corrected chi connectivity index (χ3v) is 3.23. The van der Waals surface area contributed by atoms with Crippen LogP contribution in [0.2, 0.25) is 0 Å². The van der Waals surface area contributed by atoms with Crippen LogP contribution in [-0.2, 0) is 5.41 Å². The van der Waals surface area contributed by atoms with Crippen LogP contribution in [0.25, 0.3) is 0 Å². The minimum Gasteiger partial charge on any atom is -0.391 e. The zero-order chi connectivity index (χ0) is 13.3. The van der Waals surface area contributed by atoms with E-state index in [9.17, 15) is 9.90 Å². The van der Waals surface area contributed by atoms with Gasteiger partial charge in [0.05, 0.1) is 11.7 Å². The lowest BCUT2D eigenvalue weighted by atomic mass is 9.91. The SMILES string of the molecule is CC(C)(C)c1ccc(C(=O)N2CCC(O)C2)cn1. The zero-order valence-electron chi connectivity index (χ0n) is 11.2. The van der Waals surface area contributed by atoms with Crippen LogP contribution in [-0.4, -0.2) is 40.1 Å². The van der Waals surface area contributed by atoms with Crippen molar-refractivity contribution >= 4 is 5.91 Å². The molecule has 0 aliphatic carbocycles. The molecule has 0 bridgehead atoms. The lowest BCUT2D eigenvalue weighted by Crippen LogP contribution is -2.29. The monoisotopic (exact) mass is 248 g/mol. The number of aliphatic hydroxyl groups excluding tert-OH is 1. The van der Waals surface area contributed by atoms with E-state index >= 15 is 0 Å². The highest BCUT2D eigenvalue weighted by Crippen LogP contribution is 2.20. The summed E-state index contributed by atoms with van der Waals surface area (Å²) < 4.78 is 0. The van der Waals surface area contributed by atoms with Gasteiger partial charge in [0, 0.05) is 30.4 Å². The van der Waals surface area contributed by atoms with Gasteiger partial charge in [-0.05, 0) is 18.6 Å². The number of carbonyl (C=O) groups excluding carboxylic acids is 1. The van der Waals surface area contributed by atoms with Crippen molar-refractivity contribution in [2.45, 2.75) is 38.7 Å². The Kier molecular flexibility index (Phi) is 3.39. The minimum absolute atomic E-state index is 0.00852. The topological polar surface area (TPSA) is 53.4 Å². The van der Waals surface area contributed by atoms with E-state index in [1.165, 1.54) is 0 Å². The fourth-order valence-electron chi connectivity index (χ4n) is 2.07. The van der Waals surface area contributed by atoms with E-state index in [0.717, 1.165) is 5.69 Å². The summed E-state index contributed by atoms with van der Waals surface area (Å²) in [6.45, 7) is 7.33. The molecular weight excluding hydrogens is 228 g/mol. The number of β-amino-alcohol motifs (C(OH)–C–C–N with tert-alkyl or cyclic N) is 1. The van der Waals surface area contributed by atoms with Crippen LogP contribution in [0.3, 0.4) is 0 Å². The Morgan fingerprint density at radius 3 is 2.61 bits per heavy atom. The number of pyridine rings is 1. The van der Waals surface area contributed by atoms with Crippen molar-refractivity contribution in [2.75, 3.05) is 13.1 Å². The predicted octanol–water partition coefficient (Wildman–Crippen LogP) is 1.59. The number of hydrogen-bond donors (Lipinski definition) is 1. The van der Waals surface area contributed by atoms with Crippen LogP contribution in [0.4, 0.5) is 0 Å². The molecule has 0 saturated carbocycles. The van der Waals surface area contributed by atoms with Crippen LogP contribution in [0.1, 0.15) is 43.2 Å². The van der Waals surface area contributed by atoms with Crippen LogP contribution < -0.4 is 0 Å². The Labute approximate surface area is 108 Å². The number of likely N-dealkylation sites (tertiary alicyclic amines) is 1. The number of aliphatic hydroxyl groups is 1. The first kappa shape index (κ1) is 13.0. The quantitative estimate of drug-likeness (QED) is 0.821. The summed E-state index contributed by atoms with van der Waals surface area (Å²) in [7, 11) is 0. The number of amides is 1. The molecule has 1 aliphatic heterocycles. The number of hydrogen-bond acceptors (Lipinski definition) is 3. The van der Waals surface area contributed by atoms with Gasteiger partial charge in [0.1, 0.15) is 0 Å². The summed E-state index contributed by atoms with van der Waals surface area (Å²) in [4.78, 5) is 18.2. The standard InChI is InChI=1S/C14H20N2O2/c1-14(2,3)12-5-4-10(8-15-12)13(18)16-7-6-11(17)9-16/h4-5,8,11,17H,6-7,9H2,1-3H3. The van der Waals surface area contributed by atoms with E-state index in [4.69, 9.17) is 0 Å². The smallest absolute Gasteiger partial charge is 0.255 e. The summed E-state index contributed by atoms with van der Waals surface area (Å²) >= 11 is 0. The Hall–Kier alpha value is -1.42. The fourth-order valence-corrected chi connectivity index (χ4v) is 2.07. The van der Waals surface area contributed by atoms with Gasteiger partial charge in [0.25, 0.3) is 5.91 Å². The molecule has 2 rings (SSSR count). The molecule has 2 heterocycles. The molecule has 0 aromatic carbocycles. The minimum atomic E-state index is -0.379. The lowest BCUT2D eigenvalue weighted by molar-refractivity contribution is 0.0764. The molecule has 0 radical (unpaired) electrons. The summed E-state index contributed by atoms with van der Waals surface area (Å²) in [5, 5.41) is 9.44. The van der Waals surface area contributed by atoms with Crippen molar-refractivity contribution < 1.29 is 9.90 Å². The van der Waals surface area contributed by atoms with E-state index in [1.807, 2.05) is 12.1 Å². The summed E-state index contributed by atoms with van der Waals surface area (Å²) in [5.41, 5.74) is 1.56. The molecule has 98 valence electrons. The first-order chi connectivity index (χ1) is 8.38. The van der Waals surface area contributed by atoms with E-state index in [1.54, 1.807) is 11.1 Å². The van der Waals surface area contributed by atoms with Crippen LogP contribution in [0, 0.1) is 0 Å². The third-order valence-electron chi connectivity index (χ3n) is 3.23. The molecule has 1 atom stereocenters. The van der Waals surface area contributed by atoms with E-state index < -0.39 is 0 Å². The van der Waals surface area contributed by atoms with Gasteiger partial charge in [0.2, 0.25) is 0 Å². The fraction of sp³-hybridized carbons (Fsp3) is 0.571. The van der Waals surface area contributed by atoms with Gasteiger partial charge in [-0.15, -0.1) is 0 Å². The van der Waals surface area contributed by atoms with Gasteiger partial charge in [-0.25, -0.2) is 0 Å². The average molecular weight is 248 g/mol. The number of carbonyl (C=O) groups is 1. The Morgan fingerprint density at radius 2 is 2.17 bits per heavy atom. The lowest BCUT2D eigenvalue weighted by Gasteiger charge is -2.19. The second kappa shape index (κ2) is 4.69. The molecule has 1 amide bonds. The molecule has 1 saturated heterocycles. The molecule has 1 fully saturated rings. The molecule has 4 heteroatoms. The van der Waals surface area contributed by atoms with Gasteiger partial charge in [-0.2, -0.15) is 0 Å². The van der Waals surface area contributed by atoms with Crippen molar-refractivity contribution in [3.05, 3.63) is 29.6 Å². The summed E-state index contributed by atoms with van der Waals surface area (Å²) in [6.07, 6.45) is 1.92. The van der Waals surface area contributed by atoms with Gasteiger partial charge in [-0.3, -0.25) is 9.78 Å². The highest BCUT2D eigenvalue weighted by molar-refractivity contribution is 5.94. The molecule has 4 nitrogen and oxygen atoms in total. The van der Waals surface area contributed by atoms with Crippen molar-refractivity contribution in [2.24, 2.45) is 0 Å². The van der Waals surface area contributed by atoms with Crippen LogP contribution in [0.5, 0.6) is 0 Å². The summed E-state index contributed by atoms with van der Waals surface area (Å²) in [5.74, 6) is -0.0421. The molecular formula is C14H20N2O2. The molecule has 1 N–H and O–H groups in total. The molecule has 1 aromatic rings. The summed E-state index contributed by atoms with van der Waals surface area (Å²) in [6, 6.07) is 3.72. The number of aromatic nitrogens is 1. The van der Waals surface area contributed by atoms with Crippen LogP contribution in [0.15, 0.2) is 18.3 Å². The number of nitrogens with zero attached hydrogens (tertiary/aromatic N) is 2. The Balaban J connectivity index is 2.12. The Morgan fingerprint density at radius 1 is 1.44 bits per heavy atom. The third kappa shape index (κ3) is 2.70. The first-order valence-corrected chi connectivity index (χ1v) is 6.32. The van der Waals surface area contributed by atoms with Gasteiger partial charge in [0.15, 0.2) is 0 Å². The predicted molar refractivity (Wildman–Crippen MR) is 69.5 cm³/mol. The first-order valence-electron chi connectivity index (χ1n) is 6.32. The average Bonchev–Trinajstić information content (AvgIpc) is 2.74. The van der Waals surface area contributed by atoms with Crippen molar-refractivity contribution in [1.82, 2.24) is 9.88 Å². The molecule has 1 aromatic heterocycles. The molecule has 0 spiro atoms. The van der Waals surface area contributed by atoms with E-state index in [2.05, 4.69) is 25.8 Å². The van der Waals surface area contributed by atoms with Crippen molar-refractivity contribution in [3.8, 4) is 0 Å². The van der Waals surface area contributed by atoms with Crippen molar-refractivity contribution in [3.63, 3.8) is 0 Å². The van der Waals surface area contributed by atoms with Crippen LogP contribution >= 0.6 is 0 Å². The second-order valence-corrected chi connectivity index (χ2v) is 5.88. The largest absolute Gasteiger partial charge is 0.391 e. The highest BCUT2D eigenvalue weighted by Gasteiger charge is 2.25. The zero-order valence-corrected chi connectivity index (χ0v) is 11.2. The van der Waals surface area contributed by atoms with Gasteiger partial charge in [-0.1, -0.05) is 20.8 Å². The maximum Gasteiger partial charge on any atom is 0.255 e. The number of rotatable bonds is 1. The van der Waals surface area contributed by atoms with Crippen molar-refractivity contribution in [1.29, 1.82) is 0 Å². The normalized spacial score (nSPS) is 20.2. The Bertz CT molecular complexity index is 434. The highest BCUT2D eigenvalue weighted by atomic mass is 16.3. The molecule has 18 heavy (non-hydrogen) atoms. The van der Waals surface area contributed by atoms with Gasteiger partial charge < -0.3 is 10.0 Å². The maximum atomic E-state index is 12.1. The van der Waals surface area contributed by atoms with Gasteiger partial charge >= 0.3 is 0 Å². The maximum absolute atomic E-state index is 12.1. The molecule has 1 aliphatic rings. The molecule has 1 unspecified atom stereocenters. The second-order valence-electron chi connectivity index (χ2n) is 5.88.